The molecule has 0 aromatic rings. The molecule has 0 aliphatic rings. The third kappa shape index (κ3) is 5.22. The van der Waals surface area contributed by atoms with E-state index in [1.165, 1.54) is 0 Å². The maximum atomic E-state index is 3.70. The van der Waals surface area contributed by atoms with Crippen molar-refractivity contribution in [1.82, 2.24) is 0 Å². The van der Waals surface area contributed by atoms with Crippen LogP contribution in [0.3, 0.4) is 0 Å². The molecule has 0 saturated carbocycles. The fourth-order valence-corrected chi connectivity index (χ4v) is 0.285. The van der Waals surface area contributed by atoms with E-state index in [1.807, 2.05) is 26.0 Å². The molecule has 0 rings (SSSR count). The van der Waals surface area contributed by atoms with Crippen LogP contribution in [0.25, 0.3) is 0 Å². The number of allylic oxidation sites excluding steroid dienone is 4. The zero-order valence-corrected chi connectivity index (χ0v) is 5.57. The first-order chi connectivity index (χ1) is 3.63. The van der Waals surface area contributed by atoms with Crippen LogP contribution < -0.4 is 0 Å². The molecule has 0 unspecified atom stereocenters. The van der Waals surface area contributed by atoms with Crippen molar-refractivity contribution in [2.45, 2.75) is 13.8 Å². The molecule has 0 aliphatic heterocycles. The van der Waals surface area contributed by atoms with Gasteiger partial charge in [0, 0.05) is 0 Å². The molecule has 0 aliphatic carbocycles. The Morgan fingerprint density at radius 1 is 1.00 bits per heavy atom. The van der Waals surface area contributed by atoms with E-state index in [1.54, 1.807) is 0 Å². The van der Waals surface area contributed by atoms with Gasteiger partial charge >= 0.3 is 0 Å². The first-order valence-corrected chi connectivity index (χ1v) is 2.62. The molecular formula is C8H12. The Hall–Kier alpha value is -0.780. The lowest BCUT2D eigenvalue weighted by Gasteiger charge is -1.84. The van der Waals surface area contributed by atoms with Crippen LogP contribution in [0.15, 0.2) is 36.5 Å². The van der Waals surface area contributed by atoms with Gasteiger partial charge in [0.25, 0.3) is 0 Å². The van der Waals surface area contributed by atoms with Crippen LogP contribution in [0.5, 0.6) is 0 Å². The quantitative estimate of drug-likeness (QED) is 0.477. The van der Waals surface area contributed by atoms with Crippen LogP contribution in [0.4, 0.5) is 0 Å². The molecule has 0 heterocycles. The van der Waals surface area contributed by atoms with Gasteiger partial charge in [-0.25, -0.2) is 0 Å². The van der Waals surface area contributed by atoms with Gasteiger partial charge in [0.1, 0.15) is 0 Å². The summed E-state index contributed by atoms with van der Waals surface area (Å²) in [5.41, 5.74) is 2.13. The van der Waals surface area contributed by atoms with E-state index < -0.39 is 0 Å². The lowest BCUT2D eigenvalue weighted by molar-refractivity contribution is 1.50. The lowest BCUT2D eigenvalue weighted by Crippen LogP contribution is -1.62. The van der Waals surface area contributed by atoms with Crippen LogP contribution in [0, 0.1) is 0 Å². The molecule has 0 fully saturated rings. The molecule has 8 heavy (non-hydrogen) atoms. The number of hydrogen-bond donors (Lipinski definition) is 0. The first-order valence-electron chi connectivity index (χ1n) is 2.62. The fourth-order valence-electron chi connectivity index (χ4n) is 0.285. The number of rotatable bonds is 2. The van der Waals surface area contributed by atoms with Crippen molar-refractivity contribution >= 4 is 0 Å². The maximum Gasteiger partial charge on any atom is -0.0404 e. The summed E-state index contributed by atoms with van der Waals surface area (Å²) in [5.74, 6) is 0. The third-order valence-corrected chi connectivity index (χ3v) is 0.652. The Morgan fingerprint density at radius 3 is 1.38 bits per heavy atom. The van der Waals surface area contributed by atoms with Crippen molar-refractivity contribution in [3.63, 3.8) is 0 Å². The molecule has 0 N–H and O–H groups in total. The maximum absolute atomic E-state index is 3.70. The Bertz CT molecular complexity index is 111. The van der Waals surface area contributed by atoms with Crippen molar-refractivity contribution in [1.29, 1.82) is 0 Å². The monoisotopic (exact) mass is 108 g/mol. The average Bonchev–Trinajstić information content (AvgIpc) is 1.61. The van der Waals surface area contributed by atoms with E-state index >= 15 is 0 Å². The summed E-state index contributed by atoms with van der Waals surface area (Å²) in [6.07, 6.45) is 3.89. The molecule has 0 amide bonds. The molecule has 0 atom stereocenters. The van der Waals surface area contributed by atoms with Gasteiger partial charge in [0.2, 0.25) is 0 Å². The molecule has 0 aromatic heterocycles. The van der Waals surface area contributed by atoms with E-state index in [0.29, 0.717) is 0 Å². The molecule has 0 aromatic carbocycles. The van der Waals surface area contributed by atoms with Crippen LogP contribution in [0.1, 0.15) is 13.8 Å². The highest BCUT2D eigenvalue weighted by Crippen LogP contribution is 1.94. The van der Waals surface area contributed by atoms with Crippen molar-refractivity contribution in [3.05, 3.63) is 36.5 Å². The van der Waals surface area contributed by atoms with Crippen molar-refractivity contribution in [3.8, 4) is 0 Å². The molecule has 0 bridgehead atoms. The highest BCUT2D eigenvalue weighted by atomic mass is 13.8. The minimum atomic E-state index is 1.06. The summed E-state index contributed by atoms with van der Waals surface area (Å²) in [4.78, 5) is 0. The van der Waals surface area contributed by atoms with Gasteiger partial charge in [-0.05, 0) is 13.8 Å². The van der Waals surface area contributed by atoms with Gasteiger partial charge in [0.15, 0.2) is 0 Å². The average molecular weight is 108 g/mol. The molecular weight excluding hydrogens is 96.1 g/mol. The van der Waals surface area contributed by atoms with E-state index in [-0.39, 0.29) is 0 Å². The van der Waals surface area contributed by atoms with Crippen LogP contribution in [-0.4, -0.2) is 0 Å². The predicted molar refractivity (Wildman–Crippen MR) is 38.8 cm³/mol. The number of hydrogen-bond acceptors (Lipinski definition) is 0. The zero-order chi connectivity index (χ0) is 6.57. The molecule has 0 saturated heterocycles. The second kappa shape index (κ2) is 3.25. The highest BCUT2D eigenvalue weighted by molar-refractivity contribution is 5.20. The summed E-state index contributed by atoms with van der Waals surface area (Å²) >= 11 is 0. The topological polar surface area (TPSA) is 0 Å². The van der Waals surface area contributed by atoms with Gasteiger partial charge in [0.05, 0.1) is 0 Å². The van der Waals surface area contributed by atoms with Crippen LogP contribution >= 0.6 is 0 Å². The summed E-state index contributed by atoms with van der Waals surface area (Å²) in [7, 11) is 0. The summed E-state index contributed by atoms with van der Waals surface area (Å²) in [5, 5.41) is 0. The van der Waals surface area contributed by atoms with Gasteiger partial charge in [-0.2, -0.15) is 0 Å². The Balaban J connectivity index is 3.67. The molecule has 44 valence electrons. The second-order valence-corrected chi connectivity index (χ2v) is 2.03. The van der Waals surface area contributed by atoms with Crippen molar-refractivity contribution in [2.75, 3.05) is 0 Å². The fraction of sp³-hybridized carbons (Fsp3) is 0.250. The van der Waals surface area contributed by atoms with E-state index in [9.17, 15) is 0 Å². The highest BCUT2D eigenvalue weighted by Gasteiger charge is 1.72. The SMILES string of the molecule is C=C(C)C=CC(=C)C. The summed E-state index contributed by atoms with van der Waals surface area (Å²) < 4.78 is 0. The Morgan fingerprint density at radius 2 is 1.25 bits per heavy atom. The minimum absolute atomic E-state index is 1.06. The van der Waals surface area contributed by atoms with E-state index in [2.05, 4.69) is 13.2 Å². The van der Waals surface area contributed by atoms with Crippen molar-refractivity contribution < 1.29 is 0 Å². The van der Waals surface area contributed by atoms with Crippen LogP contribution in [0.2, 0.25) is 0 Å². The standard InChI is InChI=1S/C8H12/c1-7(2)5-6-8(3)4/h5-6H,1,3H2,2,4H3. The summed E-state index contributed by atoms with van der Waals surface area (Å²) in [6.45, 7) is 11.3. The molecule has 0 spiro atoms. The van der Waals surface area contributed by atoms with Gasteiger partial charge in [-0.3, -0.25) is 0 Å². The van der Waals surface area contributed by atoms with Gasteiger partial charge in [-0.15, -0.1) is 0 Å². The lowest BCUT2D eigenvalue weighted by atomic mass is 10.2. The normalized spacial score (nSPS) is 9.75. The first kappa shape index (κ1) is 7.22. The van der Waals surface area contributed by atoms with E-state index in [0.717, 1.165) is 11.1 Å². The summed E-state index contributed by atoms with van der Waals surface area (Å²) in [6, 6.07) is 0. The molecule has 0 radical (unpaired) electrons. The van der Waals surface area contributed by atoms with E-state index in [4.69, 9.17) is 0 Å². The van der Waals surface area contributed by atoms with Crippen LogP contribution in [-0.2, 0) is 0 Å². The minimum Gasteiger partial charge on any atom is -0.0961 e. The third-order valence-electron chi connectivity index (χ3n) is 0.652. The predicted octanol–water partition coefficient (Wildman–Crippen LogP) is 2.69. The zero-order valence-electron chi connectivity index (χ0n) is 5.57. The smallest absolute Gasteiger partial charge is 0.0404 e. The van der Waals surface area contributed by atoms with Crippen molar-refractivity contribution in [2.24, 2.45) is 0 Å². The second-order valence-electron chi connectivity index (χ2n) is 2.03. The largest absolute Gasteiger partial charge is 0.0961 e. The molecule has 0 heteroatoms. The molecule has 0 nitrogen and oxygen atoms in total. The van der Waals surface area contributed by atoms with Gasteiger partial charge in [-0.1, -0.05) is 36.5 Å². The Labute approximate surface area is 51.2 Å². The van der Waals surface area contributed by atoms with Gasteiger partial charge < -0.3 is 0 Å². The Kier molecular flexibility index (Phi) is 2.93.